The summed E-state index contributed by atoms with van der Waals surface area (Å²) in [6.45, 7) is 6.21. The lowest BCUT2D eigenvalue weighted by Gasteiger charge is -2.10. The van der Waals surface area contributed by atoms with Gasteiger partial charge in [-0.25, -0.2) is 0 Å². The molecule has 0 aromatic heterocycles. The van der Waals surface area contributed by atoms with E-state index in [0.717, 1.165) is 11.1 Å². The molecule has 1 atom stereocenters. The summed E-state index contributed by atoms with van der Waals surface area (Å²) in [5.41, 5.74) is 2.17. The van der Waals surface area contributed by atoms with E-state index in [-0.39, 0.29) is 11.9 Å². The molecule has 2 heteroatoms. The Hall–Kier alpha value is -1.31. The Bertz CT molecular complexity index is 308. The highest BCUT2D eigenvalue weighted by Crippen LogP contribution is 2.18. The number of rotatable bonds is 2. The molecule has 0 heterocycles. The Morgan fingerprint density at radius 3 is 2.79 bits per heavy atom. The second kappa shape index (κ2) is 4.80. The third-order valence-electron chi connectivity index (χ3n) is 2.19. The van der Waals surface area contributed by atoms with Gasteiger partial charge in [0.15, 0.2) is 0 Å². The Balaban J connectivity index is 2.81. The molecule has 0 amide bonds. The second-order valence-electron chi connectivity index (χ2n) is 3.41. The monoisotopic (exact) mass is 192 g/mol. The number of carbonyl (C=O) groups is 1. The summed E-state index contributed by atoms with van der Waals surface area (Å²) >= 11 is 0. The van der Waals surface area contributed by atoms with E-state index in [1.165, 1.54) is 0 Å². The second-order valence-corrected chi connectivity index (χ2v) is 3.41. The quantitative estimate of drug-likeness (QED) is 0.629. The van der Waals surface area contributed by atoms with Crippen LogP contribution in [-0.2, 0) is 9.53 Å². The Labute approximate surface area is 85.0 Å². The minimum Gasteiger partial charge on any atom is -0.465 e. The van der Waals surface area contributed by atoms with Gasteiger partial charge in [0.1, 0.15) is 0 Å². The van der Waals surface area contributed by atoms with E-state index in [9.17, 15) is 4.79 Å². The summed E-state index contributed by atoms with van der Waals surface area (Å²) in [6.07, 6.45) is 7.82. The molecule has 0 saturated heterocycles. The SMILES string of the molecule is CCOC(=O)[C@H]1C=CC(C)=CC=C1C. The molecular weight excluding hydrogens is 176 g/mol. The molecule has 0 fully saturated rings. The van der Waals surface area contributed by atoms with Gasteiger partial charge in [0.2, 0.25) is 0 Å². The maximum atomic E-state index is 11.5. The molecule has 76 valence electrons. The van der Waals surface area contributed by atoms with E-state index >= 15 is 0 Å². The molecule has 0 spiro atoms. The third kappa shape index (κ3) is 2.59. The number of ether oxygens (including phenoxy) is 1. The third-order valence-corrected chi connectivity index (χ3v) is 2.19. The molecule has 0 N–H and O–H groups in total. The number of esters is 1. The van der Waals surface area contributed by atoms with E-state index in [2.05, 4.69) is 0 Å². The predicted octanol–water partition coefficient (Wildman–Crippen LogP) is 2.63. The predicted molar refractivity (Wildman–Crippen MR) is 56.8 cm³/mol. The number of hydrogen-bond acceptors (Lipinski definition) is 2. The van der Waals surface area contributed by atoms with E-state index in [1.54, 1.807) is 0 Å². The van der Waals surface area contributed by atoms with Crippen molar-refractivity contribution in [2.75, 3.05) is 6.61 Å². The van der Waals surface area contributed by atoms with Crippen molar-refractivity contribution in [3.63, 3.8) is 0 Å². The van der Waals surface area contributed by atoms with Gasteiger partial charge < -0.3 is 4.74 Å². The summed E-state index contributed by atoms with van der Waals surface area (Å²) in [5, 5.41) is 0. The van der Waals surface area contributed by atoms with Gasteiger partial charge in [-0.15, -0.1) is 0 Å². The average molecular weight is 192 g/mol. The maximum Gasteiger partial charge on any atom is 0.316 e. The zero-order chi connectivity index (χ0) is 10.6. The van der Waals surface area contributed by atoms with Crippen molar-refractivity contribution in [1.82, 2.24) is 0 Å². The molecule has 2 nitrogen and oxygen atoms in total. The molecule has 0 unspecified atom stereocenters. The molecule has 0 aromatic carbocycles. The standard InChI is InChI=1S/C12H16O2/c1-4-14-12(13)11-8-6-9(2)5-7-10(11)3/h5-8,11H,4H2,1-3H3/t11-/m0/s1. The molecule has 0 bridgehead atoms. The zero-order valence-corrected chi connectivity index (χ0v) is 8.91. The van der Waals surface area contributed by atoms with E-state index < -0.39 is 0 Å². The molecule has 0 saturated carbocycles. The van der Waals surface area contributed by atoms with Gasteiger partial charge in [0.05, 0.1) is 12.5 Å². The van der Waals surface area contributed by atoms with Gasteiger partial charge in [0, 0.05) is 0 Å². The fourth-order valence-corrected chi connectivity index (χ4v) is 1.32. The Kier molecular flexibility index (Phi) is 3.69. The highest BCUT2D eigenvalue weighted by atomic mass is 16.5. The van der Waals surface area contributed by atoms with E-state index in [0.29, 0.717) is 6.61 Å². The Morgan fingerprint density at radius 1 is 1.43 bits per heavy atom. The van der Waals surface area contributed by atoms with Crippen molar-refractivity contribution in [2.45, 2.75) is 20.8 Å². The maximum absolute atomic E-state index is 11.5. The van der Waals surface area contributed by atoms with Gasteiger partial charge in [0.25, 0.3) is 0 Å². The van der Waals surface area contributed by atoms with Crippen molar-refractivity contribution in [2.24, 2.45) is 5.92 Å². The summed E-state index contributed by atoms with van der Waals surface area (Å²) in [6, 6.07) is 0. The first-order valence-electron chi connectivity index (χ1n) is 4.85. The van der Waals surface area contributed by atoms with Crippen LogP contribution >= 0.6 is 0 Å². The van der Waals surface area contributed by atoms with Crippen LogP contribution < -0.4 is 0 Å². The highest BCUT2D eigenvalue weighted by Gasteiger charge is 2.18. The first-order valence-corrected chi connectivity index (χ1v) is 4.85. The molecular formula is C12H16O2. The largest absolute Gasteiger partial charge is 0.465 e. The minimum atomic E-state index is -0.219. The lowest BCUT2D eigenvalue weighted by molar-refractivity contribution is -0.145. The van der Waals surface area contributed by atoms with E-state index in [1.807, 2.05) is 45.1 Å². The Morgan fingerprint density at radius 2 is 2.14 bits per heavy atom. The molecule has 0 aromatic rings. The first kappa shape index (κ1) is 10.8. The molecule has 0 aliphatic heterocycles. The van der Waals surface area contributed by atoms with Crippen molar-refractivity contribution < 1.29 is 9.53 Å². The normalized spacial score (nSPS) is 20.9. The van der Waals surface area contributed by atoms with Crippen molar-refractivity contribution in [1.29, 1.82) is 0 Å². The van der Waals surface area contributed by atoms with Crippen molar-refractivity contribution in [3.8, 4) is 0 Å². The topological polar surface area (TPSA) is 26.3 Å². The average Bonchev–Trinajstić information content (AvgIpc) is 2.30. The molecule has 14 heavy (non-hydrogen) atoms. The van der Waals surface area contributed by atoms with Crippen LogP contribution in [0.3, 0.4) is 0 Å². The minimum absolute atomic E-state index is 0.166. The molecule has 1 aliphatic rings. The van der Waals surface area contributed by atoms with Gasteiger partial charge in [-0.05, 0) is 20.8 Å². The fourth-order valence-electron chi connectivity index (χ4n) is 1.32. The number of hydrogen-bond donors (Lipinski definition) is 0. The van der Waals surface area contributed by atoms with Crippen molar-refractivity contribution >= 4 is 5.97 Å². The zero-order valence-electron chi connectivity index (χ0n) is 8.91. The molecule has 1 aliphatic carbocycles. The molecule has 1 rings (SSSR count). The lowest BCUT2D eigenvalue weighted by atomic mass is 10.0. The summed E-state index contributed by atoms with van der Waals surface area (Å²) in [4.78, 5) is 11.5. The van der Waals surface area contributed by atoms with Crippen LogP contribution in [0.2, 0.25) is 0 Å². The van der Waals surface area contributed by atoms with Gasteiger partial charge in [-0.3, -0.25) is 4.79 Å². The smallest absolute Gasteiger partial charge is 0.316 e. The van der Waals surface area contributed by atoms with Gasteiger partial charge in [-0.1, -0.05) is 35.5 Å². The first-order chi connectivity index (χ1) is 6.65. The van der Waals surface area contributed by atoms with Crippen LogP contribution in [0.25, 0.3) is 0 Å². The van der Waals surface area contributed by atoms with Crippen molar-refractivity contribution in [3.05, 3.63) is 35.5 Å². The molecule has 0 radical (unpaired) electrons. The summed E-state index contributed by atoms with van der Waals surface area (Å²) in [5.74, 6) is -0.385. The van der Waals surface area contributed by atoms with Crippen LogP contribution in [0.1, 0.15) is 20.8 Å². The van der Waals surface area contributed by atoms with Gasteiger partial charge >= 0.3 is 5.97 Å². The van der Waals surface area contributed by atoms with E-state index in [4.69, 9.17) is 4.74 Å². The lowest BCUT2D eigenvalue weighted by Crippen LogP contribution is -2.16. The van der Waals surface area contributed by atoms with Crippen LogP contribution in [0.5, 0.6) is 0 Å². The highest BCUT2D eigenvalue weighted by molar-refractivity contribution is 5.78. The fraction of sp³-hybridized carbons (Fsp3) is 0.417. The van der Waals surface area contributed by atoms with Crippen LogP contribution in [-0.4, -0.2) is 12.6 Å². The van der Waals surface area contributed by atoms with Gasteiger partial charge in [-0.2, -0.15) is 0 Å². The van der Waals surface area contributed by atoms with Crippen LogP contribution in [0.15, 0.2) is 35.5 Å². The van der Waals surface area contributed by atoms with Crippen LogP contribution in [0, 0.1) is 5.92 Å². The number of allylic oxidation sites excluding steroid dienone is 4. The number of carbonyl (C=O) groups excluding carboxylic acids is 1. The summed E-state index contributed by atoms with van der Waals surface area (Å²) in [7, 11) is 0. The summed E-state index contributed by atoms with van der Waals surface area (Å²) < 4.78 is 4.99. The van der Waals surface area contributed by atoms with Crippen LogP contribution in [0.4, 0.5) is 0 Å².